The fourth-order valence-electron chi connectivity index (χ4n) is 1.47. The van der Waals surface area contributed by atoms with Gasteiger partial charge in [0.2, 0.25) is 11.7 Å². The normalized spacial score (nSPS) is 13.7. The second kappa shape index (κ2) is 6.24. The fraction of sp³-hybridized carbons (Fsp3) is 0.417. The molecule has 0 aliphatic carbocycles. The van der Waals surface area contributed by atoms with Gasteiger partial charge in [0.25, 0.3) is 0 Å². The largest absolute Gasteiger partial charge is 0.324 e. The maximum Gasteiger partial charge on any atom is 0.306 e. The lowest BCUT2D eigenvalue weighted by Gasteiger charge is -2.17. The molecule has 7 heteroatoms. The van der Waals surface area contributed by atoms with E-state index < -0.39 is 28.4 Å². The van der Waals surface area contributed by atoms with Crippen LogP contribution >= 0.6 is 0 Å². The Morgan fingerprint density at radius 1 is 1.58 bits per heavy atom. The SMILES string of the molecule is CC[C@H](C)[C@H](N)C(=O)Nc1ccc(F)c([N+](=O)[O-])c1. The van der Waals surface area contributed by atoms with Gasteiger partial charge < -0.3 is 11.1 Å². The zero-order valence-corrected chi connectivity index (χ0v) is 10.7. The molecule has 0 saturated carbocycles. The van der Waals surface area contributed by atoms with Crippen molar-refractivity contribution in [1.29, 1.82) is 0 Å². The molecule has 0 saturated heterocycles. The van der Waals surface area contributed by atoms with Gasteiger partial charge in [-0.1, -0.05) is 20.3 Å². The first-order valence-electron chi connectivity index (χ1n) is 5.87. The number of halogens is 1. The monoisotopic (exact) mass is 269 g/mol. The van der Waals surface area contributed by atoms with Crippen LogP contribution in [-0.4, -0.2) is 16.9 Å². The van der Waals surface area contributed by atoms with Crippen molar-refractivity contribution in [2.24, 2.45) is 11.7 Å². The number of nitro benzene ring substituents is 1. The maximum absolute atomic E-state index is 13.1. The van der Waals surface area contributed by atoms with Gasteiger partial charge in [-0.3, -0.25) is 14.9 Å². The van der Waals surface area contributed by atoms with Crippen molar-refractivity contribution in [2.45, 2.75) is 26.3 Å². The summed E-state index contributed by atoms with van der Waals surface area (Å²) >= 11 is 0. The third-order valence-corrected chi connectivity index (χ3v) is 2.97. The standard InChI is InChI=1S/C12H16FN3O3/c1-3-7(2)11(14)12(17)15-8-4-5-9(13)10(6-8)16(18)19/h4-7,11H,3,14H2,1-2H3,(H,15,17)/t7-,11-/m0/s1. The topological polar surface area (TPSA) is 98.3 Å². The van der Waals surface area contributed by atoms with Crippen LogP contribution in [-0.2, 0) is 4.79 Å². The lowest BCUT2D eigenvalue weighted by Crippen LogP contribution is -2.40. The molecule has 1 rings (SSSR count). The van der Waals surface area contributed by atoms with Crippen LogP contribution < -0.4 is 11.1 Å². The molecule has 2 atom stereocenters. The molecule has 1 aromatic rings. The van der Waals surface area contributed by atoms with Crippen LogP contribution in [0.5, 0.6) is 0 Å². The number of nitrogens with two attached hydrogens (primary N) is 1. The van der Waals surface area contributed by atoms with Crippen LogP contribution in [0.4, 0.5) is 15.8 Å². The van der Waals surface area contributed by atoms with Crippen LogP contribution in [0.2, 0.25) is 0 Å². The van der Waals surface area contributed by atoms with Gasteiger partial charge in [-0.2, -0.15) is 4.39 Å². The summed E-state index contributed by atoms with van der Waals surface area (Å²) in [6, 6.07) is 2.44. The van der Waals surface area contributed by atoms with E-state index in [1.807, 2.05) is 13.8 Å². The number of hydrogen-bond donors (Lipinski definition) is 2. The Bertz CT molecular complexity index is 493. The zero-order chi connectivity index (χ0) is 14.6. The van der Waals surface area contributed by atoms with E-state index in [2.05, 4.69) is 5.32 Å². The number of benzene rings is 1. The highest BCUT2D eigenvalue weighted by Crippen LogP contribution is 2.22. The molecule has 0 unspecified atom stereocenters. The number of nitro groups is 1. The molecular formula is C12H16FN3O3. The van der Waals surface area contributed by atoms with E-state index in [-0.39, 0.29) is 11.6 Å². The Labute approximate surface area is 109 Å². The molecule has 0 fully saturated rings. The molecule has 6 nitrogen and oxygen atoms in total. The second-order valence-corrected chi connectivity index (χ2v) is 4.32. The van der Waals surface area contributed by atoms with Crippen LogP contribution in [0, 0.1) is 21.8 Å². The van der Waals surface area contributed by atoms with E-state index in [4.69, 9.17) is 5.73 Å². The molecule has 0 radical (unpaired) electrons. The van der Waals surface area contributed by atoms with Crippen molar-refractivity contribution >= 4 is 17.3 Å². The van der Waals surface area contributed by atoms with E-state index in [1.165, 1.54) is 6.07 Å². The zero-order valence-electron chi connectivity index (χ0n) is 10.7. The highest BCUT2D eigenvalue weighted by atomic mass is 19.1. The molecule has 3 N–H and O–H groups in total. The van der Waals surface area contributed by atoms with Gasteiger partial charge in [0, 0.05) is 11.8 Å². The van der Waals surface area contributed by atoms with Gasteiger partial charge in [0.15, 0.2) is 0 Å². The van der Waals surface area contributed by atoms with Gasteiger partial charge in [0.1, 0.15) is 0 Å². The fourth-order valence-corrected chi connectivity index (χ4v) is 1.47. The minimum Gasteiger partial charge on any atom is -0.324 e. The van der Waals surface area contributed by atoms with Gasteiger partial charge in [-0.25, -0.2) is 0 Å². The van der Waals surface area contributed by atoms with Crippen LogP contribution in [0.1, 0.15) is 20.3 Å². The molecule has 0 aliphatic rings. The summed E-state index contributed by atoms with van der Waals surface area (Å²) < 4.78 is 13.1. The third kappa shape index (κ3) is 3.72. The molecule has 0 aliphatic heterocycles. The Hall–Kier alpha value is -2.02. The summed E-state index contributed by atoms with van der Waals surface area (Å²) in [5, 5.41) is 13.0. The minimum atomic E-state index is -0.950. The summed E-state index contributed by atoms with van der Waals surface area (Å²) in [6.45, 7) is 3.73. The van der Waals surface area contributed by atoms with Gasteiger partial charge in [-0.05, 0) is 18.1 Å². The number of rotatable bonds is 5. The molecule has 0 bridgehead atoms. The van der Waals surface area contributed by atoms with Gasteiger partial charge in [0.05, 0.1) is 11.0 Å². The molecule has 0 spiro atoms. The highest BCUT2D eigenvalue weighted by Gasteiger charge is 2.21. The summed E-state index contributed by atoms with van der Waals surface area (Å²) in [4.78, 5) is 21.5. The van der Waals surface area contributed by atoms with Crippen molar-refractivity contribution in [3.63, 3.8) is 0 Å². The summed E-state index contributed by atoms with van der Waals surface area (Å²) in [6.07, 6.45) is 0.734. The molecule has 1 amide bonds. The number of anilines is 1. The number of amides is 1. The minimum absolute atomic E-state index is 0.0181. The van der Waals surface area contributed by atoms with Crippen molar-refractivity contribution in [3.8, 4) is 0 Å². The van der Waals surface area contributed by atoms with Crippen LogP contribution in [0.25, 0.3) is 0 Å². The van der Waals surface area contributed by atoms with Crippen LogP contribution in [0.3, 0.4) is 0 Å². The predicted molar refractivity (Wildman–Crippen MR) is 69.1 cm³/mol. The first-order valence-corrected chi connectivity index (χ1v) is 5.87. The molecule has 0 aromatic heterocycles. The number of nitrogens with one attached hydrogen (secondary N) is 1. The van der Waals surface area contributed by atoms with E-state index in [0.717, 1.165) is 18.6 Å². The predicted octanol–water partition coefficient (Wildman–Crippen LogP) is 2.05. The molecule has 0 heterocycles. The Morgan fingerprint density at radius 3 is 2.74 bits per heavy atom. The Balaban J connectivity index is 2.86. The second-order valence-electron chi connectivity index (χ2n) is 4.32. The first-order chi connectivity index (χ1) is 8.86. The Morgan fingerprint density at radius 2 is 2.21 bits per heavy atom. The molecular weight excluding hydrogens is 253 g/mol. The van der Waals surface area contributed by atoms with E-state index >= 15 is 0 Å². The molecule has 1 aromatic carbocycles. The number of nitrogens with zero attached hydrogens (tertiary/aromatic N) is 1. The number of carbonyl (C=O) groups is 1. The summed E-state index contributed by atoms with van der Waals surface area (Å²) in [5.41, 5.74) is 5.19. The molecule has 19 heavy (non-hydrogen) atoms. The van der Waals surface area contributed by atoms with E-state index in [1.54, 1.807) is 0 Å². The number of carbonyl (C=O) groups excluding carboxylic acids is 1. The summed E-state index contributed by atoms with van der Waals surface area (Å²) in [7, 11) is 0. The van der Waals surface area contributed by atoms with Crippen molar-refractivity contribution < 1.29 is 14.1 Å². The quantitative estimate of drug-likeness (QED) is 0.631. The maximum atomic E-state index is 13.1. The van der Waals surface area contributed by atoms with Gasteiger partial charge >= 0.3 is 5.69 Å². The average Bonchev–Trinajstić information content (AvgIpc) is 2.38. The van der Waals surface area contributed by atoms with Crippen molar-refractivity contribution in [2.75, 3.05) is 5.32 Å². The lowest BCUT2D eigenvalue weighted by molar-refractivity contribution is -0.387. The molecule has 104 valence electrons. The van der Waals surface area contributed by atoms with E-state index in [9.17, 15) is 19.3 Å². The van der Waals surface area contributed by atoms with E-state index in [0.29, 0.717) is 0 Å². The third-order valence-electron chi connectivity index (χ3n) is 2.97. The summed E-state index contributed by atoms with van der Waals surface area (Å²) in [5.74, 6) is -1.42. The van der Waals surface area contributed by atoms with Crippen molar-refractivity contribution in [3.05, 3.63) is 34.1 Å². The highest BCUT2D eigenvalue weighted by molar-refractivity contribution is 5.95. The Kier molecular flexibility index (Phi) is 4.94. The lowest BCUT2D eigenvalue weighted by atomic mass is 9.99. The van der Waals surface area contributed by atoms with Crippen LogP contribution in [0.15, 0.2) is 18.2 Å². The van der Waals surface area contributed by atoms with Crippen molar-refractivity contribution in [1.82, 2.24) is 0 Å². The average molecular weight is 269 g/mol. The van der Waals surface area contributed by atoms with Gasteiger partial charge in [-0.15, -0.1) is 0 Å². The smallest absolute Gasteiger partial charge is 0.306 e. The number of hydrogen-bond acceptors (Lipinski definition) is 4. The first kappa shape index (κ1) is 15.0.